The van der Waals surface area contributed by atoms with E-state index in [1.807, 2.05) is 0 Å². The van der Waals surface area contributed by atoms with Gasteiger partial charge in [-0.1, -0.05) is 38.8 Å². The van der Waals surface area contributed by atoms with Crippen molar-refractivity contribution in [2.75, 3.05) is 0 Å². The van der Waals surface area contributed by atoms with Crippen molar-refractivity contribution >= 4 is 6.29 Å². The van der Waals surface area contributed by atoms with Crippen LogP contribution in [0.15, 0.2) is 11.6 Å². The van der Waals surface area contributed by atoms with Crippen LogP contribution >= 0.6 is 0 Å². The smallest absolute Gasteiger partial charge is 0.126 e. The van der Waals surface area contributed by atoms with Crippen molar-refractivity contribution in [1.29, 1.82) is 0 Å². The molecule has 0 heterocycles. The SMILES string of the molecule is CC(C)C1=CC2CC[C@@H]3[C@H](CCC[C@@]3(C)C=O)[C@H]2CC1. The van der Waals surface area contributed by atoms with Crippen molar-refractivity contribution in [3.8, 4) is 0 Å². The molecule has 0 amide bonds. The van der Waals surface area contributed by atoms with Gasteiger partial charge in [0, 0.05) is 5.41 Å². The number of fused-ring (bicyclic) bond motifs is 3. The van der Waals surface area contributed by atoms with Crippen molar-refractivity contribution in [1.82, 2.24) is 0 Å². The highest BCUT2D eigenvalue weighted by atomic mass is 16.1. The first-order chi connectivity index (χ1) is 9.55. The summed E-state index contributed by atoms with van der Waals surface area (Å²) in [5.41, 5.74) is 1.68. The molecule has 0 aromatic heterocycles. The van der Waals surface area contributed by atoms with E-state index in [4.69, 9.17) is 0 Å². The lowest BCUT2D eigenvalue weighted by Gasteiger charge is -2.52. The molecule has 112 valence electrons. The van der Waals surface area contributed by atoms with Gasteiger partial charge in [0.1, 0.15) is 6.29 Å². The lowest BCUT2D eigenvalue weighted by Crippen LogP contribution is -2.46. The zero-order valence-corrected chi connectivity index (χ0v) is 13.4. The Labute approximate surface area is 124 Å². The van der Waals surface area contributed by atoms with Gasteiger partial charge < -0.3 is 4.79 Å². The maximum atomic E-state index is 11.6. The molecule has 1 unspecified atom stereocenters. The molecule has 2 saturated carbocycles. The molecule has 0 aliphatic heterocycles. The van der Waals surface area contributed by atoms with Crippen LogP contribution in [0.4, 0.5) is 0 Å². The molecule has 20 heavy (non-hydrogen) atoms. The van der Waals surface area contributed by atoms with Gasteiger partial charge in [0.2, 0.25) is 0 Å². The van der Waals surface area contributed by atoms with Gasteiger partial charge in [-0.2, -0.15) is 0 Å². The van der Waals surface area contributed by atoms with Gasteiger partial charge in [0.25, 0.3) is 0 Å². The van der Waals surface area contributed by atoms with E-state index in [1.165, 1.54) is 44.8 Å². The topological polar surface area (TPSA) is 17.1 Å². The summed E-state index contributed by atoms with van der Waals surface area (Å²) >= 11 is 0. The van der Waals surface area contributed by atoms with E-state index >= 15 is 0 Å². The molecule has 0 radical (unpaired) electrons. The monoisotopic (exact) mass is 274 g/mol. The molecule has 3 aliphatic carbocycles. The average Bonchev–Trinajstić information content (AvgIpc) is 2.46. The zero-order chi connectivity index (χ0) is 14.3. The van der Waals surface area contributed by atoms with Crippen LogP contribution in [0.5, 0.6) is 0 Å². The summed E-state index contributed by atoms with van der Waals surface area (Å²) in [5.74, 6) is 3.90. The number of hydrogen-bond donors (Lipinski definition) is 0. The van der Waals surface area contributed by atoms with E-state index in [2.05, 4.69) is 26.8 Å². The molecule has 2 fully saturated rings. The second-order valence-electron chi connectivity index (χ2n) is 8.13. The number of carbonyl (C=O) groups is 1. The summed E-state index contributed by atoms with van der Waals surface area (Å²) in [4.78, 5) is 11.6. The van der Waals surface area contributed by atoms with Crippen molar-refractivity contribution in [3.63, 3.8) is 0 Å². The lowest BCUT2D eigenvalue weighted by atomic mass is 9.52. The fourth-order valence-electron chi connectivity index (χ4n) is 5.51. The summed E-state index contributed by atoms with van der Waals surface area (Å²) in [7, 11) is 0. The third-order valence-corrected chi connectivity index (χ3v) is 6.73. The van der Waals surface area contributed by atoms with E-state index in [-0.39, 0.29) is 5.41 Å². The molecule has 0 bridgehead atoms. The predicted octanol–water partition coefficient (Wildman–Crippen LogP) is 5.01. The van der Waals surface area contributed by atoms with Gasteiger partial charge in [-0.25, -0.2) is 0 Å². The van der Waals surface area contributed by atoms with Crippen molar-refractivity contribution in [2.24, 2.45) is 35.0 Å². The largest absolute Gasteiger partial charge is 0.303 e. The first-order valence-corrected chi connectivity index (χ1v) is 8.72. The highest BCUT2D eigenvalue weighted by Gasteiger charge is 2.49. The second-order valence-corrected chi connectivity index (χ2v) is 8.13. The van der Waals surface area contributed by atoms with Gasteiger partial charge in [0.05, 0.1) is 0 Å². The maximum Gasteiger partial charge on any atom is 0.126 e. The molecule has 0 aromatic rings. The van der Waals surface area contributed by atoms with Crippen LogP contribution in [-0.2, 0) is 4.79 Å². The molecule has 1 heteroatoms. The average molecular weight is 274 g/mol. The number of hydrogen-bond acceptors (Lipinski definition) is 1. The molecular weight excluding hydrogens is 244 g/mol. The highest BCUT2D eigenvalue weighted by Crippen LogP contribution is 2.56. The first-order valence-electron chi connectivity index (χ1n) is 8.72. The normalized spacial score (nSPS) is 44.5. The van der Waals surface area contributed by atoms with Gasteiger partial charge in [-0.05, 0) is 68.1 Å². The Kier molecular flexibility index (Phi) is 3.81. The Bertz CT molecular complexity index is 408. The van der Waals surface area contributed by atoms with E-state index in [1.54, 1.807) is 5.57 Å². The van der Waals surface area contributed by atoms with Crippen LogP contribution in [0.3, 0.4) is 0 Å². The van der Waals surface area contributed by atoms with E-state index in [0.717, 1.165) is 30.1 Å². The lowest BCUT2D eigenvalue weighted by molar-refractivity contribution is -0.125. The van der Waals surface area contributed by atoms with Crippen LogP contribution in [0.1, 0.15) is 65.7 Å². The third-order valence-electron chi connectivity index (χ3n) is 6.73. The minimum Gasteiger partial charge on any atom is -0.303 e. The summed E-state index contributed by atoms with van der Waals surface area (Å²) in [6.07, 6.45) is 13.0. The Morgan fingerprint density at radius 1 is 1.20 bits per heavy atom. The van der Waals surface area contributed by atoms with Gasteiger partial charge in [-0.3, -0.25) is 0 Å². The minimum absolute atomic E-state index is 0.0179. The molecule has 0 aromatic carbocycles. The predicted molar refractivity (Wildman–Crippen MR) is 83.4 cm³/mol. The van der Waals surface area contributed by atoms with Crippen LogP contribution < -0.4 is 0 Å². The molecule has 0 N–H and O–H groups in total. The molecule has 3 rings (SSSR count). The van der Waals surface area contributed by atoms with Crippen LogP contribution in [0.25, 0.3) is 0 Å². The van der Waals surface area contributed by atoms with Crippen LogP contribution in [0, 0.1) is 35.0 Å². The Morgan fingerprint density at radius 2 is 2.00 bits per heavy atom. The molecule has 0 saturated heterocycles. The molecular formula is C19H30O. The van der Waals surface area contributed by atoms with Gasteiger partial charge in [0.15, 0.2) is 0 Å². The Morgan fingerprint density at radius 3 is 2.70 bits per heavy atom. The van der Waals surface area contributed by atoms with E-state index in [0.29, 0.717) is 5.92 Å². The Balaban J connectivity index is 1.82. The van der Waals surface area contributed by atoms with Gasteiger partial charge >= 0.3 is 0 Å². The number of aldehydes is 1. The van der Waals surface area contributed by atoms with E-state index < -0.39 is 0 Å². The Hall–Kier alpha value is -0.590. The first kappa shape index (κ1) is 14.4. The second kappa shape index (κ2) is 5.31. The van der Waals surface area contributed by atoms with Crippen LogP contribution in [0.2, 0.25) is 0 Å². The number of rotatable bonds is 2. The number of allylic oxidation sites excluding steroid dienone is 2. The van der Waals surface area contributed by atoms with E-state index in [9.17, 15) is 4.79 Å². The van der Waals surface area contributed by atoms with Crippen molar-refractivity contribution in [3.05, 3.63) is 11.6 Å². The summed E-state index contributed by atoms with van der Waals surface area (Å²) < 4.78 is 0. The number of carbonyl (C=O) groups excluding carboxylic acids is 1. The quantitative estimate of drug-likeness (QED) is 0.511. The molecule has 0 spiro atoms. The summed E-state index contributed by atoms with van der Waals surface area (Å²) in [6.45, 7) is 6.90. The molecule has 5 atom stereocenters. The van der Waals surface area contributed by atoms with Crippen molar-refractivity contribution < 1.29 is 4.79 Å². The highest BCUT2D eigenvalue weighted by molar-refractivity contribution is 5.59. The fraction of sp³-hybridized carbons (Fsp3) is 0.842. The maximum absolute atomic E-state index is 11.6. The summed E-state index contributed by atoms with van der Waals surface area (Å²) in [5, 5.41) is 0. The van der Waals surface area contributed by atoms with Gasteiger partial charge in [-0.15, -0.1) is 0 Å². The third kappa shape index (κ3) is 2.27. The molecule has 1 nitrogen and oxygen atoms in total. The molecule has 3 aliphatic rings. The standard InChI is InChI=1S/C19H30O/c1-13(2)14-6-8-16-15(11-14)7-9-18-17(16)5-4-10-19(18,3)12-20/h11-13,15-18H,4-10H2,1-3H3/t15?,16-,17+,18+,19-/m0/s1. The minimum atomic E-state index is -0.0179. The zero-order valence-electron chi connectivity index (χ0n) is 13.4. The van der Waals surface area contributed by atoms with Crippen LogP contribution in [-0.4, -0.2) is 6.29 Å². The van der Waals surface area contributed by atoms with Crippen molar-refractivity contribution in [2.45, 2.75) is 65.7 Å². The fourth-order valence-corrected chi connectivity index (χ4v) is 5.51. The summed E-state index contributed by atoms with van der Waals surface area (Å²) in [6, 6.07) is 0.